The van der Waals surface area contributed by atoms with Gasteiger partial charge in [-0.15, -0.1) is 0 Å². The molecule has 1 aliphatic carbocycles. The third kappa shape index (κ3) is 13.5. The van der Waals surface area contributed by atoms with Gasteiger partial charge in [0.1, 0.15) is 18.3 Å². The third-order valence-corrected chi connectivity index (χ3v) is 19.4. The van der Waals surface area contributed by atoms with Crippen LogP contribution in [0.2, 0.25) is 36.3 Å². The Bertz CT molecular complexity index is 1040. The summed E-state index contributed by atoms with van der Waals surface area (Å²) in [7, 11) is -2.95. The lowest BCUT2D eigenvalue weighted by atomic mass is 9.92. The van der Waals surface area contributed by atoms with E-state index >= 15 is 0 Å². The molecule has 0 radical (unpaired) electrons. The van der Waals surface area contributed by atoms with Crippen LogP contribution in [0.4, 0.5) is 0 Å². The molecule has 9 heteroatoms. The van der Waals surface area contributed by atoms with Crippen LogP contribution in [0.5, 0.6) is 0 Å². The molecule has 0 spiro atoms. The fraction of sp³-hybridized carbons (Fsp3) is 0.811. The first-order valence-electron chi connectivity index (χ1n) is 17.5. The van der Waals surface area contributed by atoms with Crippen molar-refractivity contribution in [2.75, 3.05) is 13.7 Å². The van der Waals surface area contributed by atoms with Gasteiger partial charge in [0.15, 0.2) is 16.6 Å². The molecule has 0 aromatic carbocycles. The molecule has 7 nitrogen and oxygen atoms in total. The third-order valence-electron chi connectivity index (χ3n) is 10.4. The molecule has 0 heterocycles. The number of esters is 2. The molecule has 0 aromatic rings. The van der Waals surface area contributed by atoms with E-state index in [9.17, 15) is 14.4 Å². The van der Waals surface area contributed by atoms with Crippen LogP contribution >= 0.6 is 0 Å². The summed E-state index contributed by atoms with van der Waals surface area (Å²) >= 11 is 0. The van der Waals surface area contributed by atoms with E-state index in [1.807, 2.05) is 6.08 Å². The molecule has 1 rings (SSSR count). The first-order valence-corrected chi connectivity index (χ1v) is 23.3. The zero-order chi connectivity index (χ0) is 35.5. The van der Waals surface area contributed by atoms with Crippen molar-refractivity contribution in [3.8, 4) is 0 Å². The number of carbonyl (C=O) groups excluding carboxylic acids is 3. The predicted octanol–water partition coefficient (Wildman–Crippen LogP) is 9.58. The van der Waals surface area contributed by atoms with Crippen LogP contribution < -0.4 is 0 Å². The largest absolute Gasteiger partial charge is 0.469 e. The van der Waals surface area contributed by atoms with Crippen LogP contribution in [-0.2, 0) is 32.7 Å². The van der Waals surface area contributed by atoms with Crippen LogP contribution in [0, 0.1) is 17.8 Å². The van der Waals surface area contributed by atoms with Crippen LogP contribution in [0.1, 0.15) is 113 Å². The predicted molar refractivity (Wildman–Crippen MR) is 194 cm³/mol. The van der Waals surface area contributed by atoms with Gasteiger partial charge in [-0.05, 0) is 73.4 Å². The van der Waals surface area contributed by atoms with Gasteiger partial charge in [0.2, 0.25) is 0 Å². The van der Waals surface area contributed by atoms with Crippen molar-refractivity contribution in [1.29, 1.82) is 0 Å². The highest BCUT2D eigenvalue weighted by molar-refractivity contribution is 6.74. The lowest BCUT2D eigenvalue weighted by Gasteiger charge is -2.40. The first-order chi connectivity index (χ1) is 21.1. The number of ether oxygens (including phenoxy) is 2. The van der Waals surface area contributed by atoms with Crippen molar-refractivity contribution in [3.05, 3.63) is 24.3 Å². The summed E-state index contributed by atoms with van der Waals surface area (Å²) < 4.78 is 24.2. The smallest absolute Gasteiger partial charge is 0.317 e. The zero-order valence-electron chi connectivity index (χ0n) is 31.7. The number of unbranched alkanes of at least 4 members (excludes halogenated alkanes) is 2. The molecule has 1 saturated carbocycles. The van der Waals surface area contributed by atoms with E-state index in [4.69, 9.17) is 18.3 Å². The maximum atomic E-state index is 13.6. The van der Waals surface area contributed by atoms with Crippen molar-refractivity contribution >= 4 is 34.4 Å². The summed E-state index contributed by atoms with van der Waals surface area (Å²) in [4.78, 5) is 38.5. The Balaban J connectivity index is 3.30. The molecule has 0 N–H and O–H groups in total. The normalized spacial score (nSPS) is 21.0. The van der Waals surface area contributed by atoms with E-state index in [-0.39, 0.29) is 41.0 Å². The Morgan fingerprint density at radius 2 is 1.57 bits per heavy atom. The van der Waals surface area contributed by atoms with Crippen molar-refractivity contribution in [1.82, 2.24) is 0 Å². The molecule has 46 heavy (non-hydrogen) atoms. The summed E-state index contributed by atoms with van der Waals surface area (Å²) in [6, 6.07) is 0. The number of hydrogen-bond acceptors (Lipinski definition) is 7. The molecule has 0 aromatic heterocycles. The minimum absolute atomic E-state index is 0.0444. The molecule has 0 aliphatic heterocycles. The highest BCUT2D eigenvalue weighted by atomic mass is 28.4. The summed E-state index contributed by atoms with van der Waals surface area (Å²) in [6.45, 7) is 30.8. The Kier molecular flexibility index (Phi) is 16.9. The molecular weight excluding hydrogens is 613 g/mol. The number of rotatable bonds is 19. The molecule has 0 unspecified atom stereocenters. The van der Waals surface area contributed by atoms with E-state index < -0.39 is 40.5 Å². The fourth-order valence-corrected chi connectivity index (χ4v) is 7.85. The molecule has 1 fully saturated rings. The van der Waals surface area contributed by atoms with Crippen molar-refractivity contribution in [3.63, 3.8) is 0 Å². The van der Waals surface area contributed by atoms with Crippen molar-refractivity contribution in [2.45, 2.75) is 162 Å². The SMILES string of the molecule is C=C(CCCCC(=O)OC)COC(=O)[C@H]1C(=O)C[C@@H](O[Si](C)(C)C(C)(C)C)[C@@H]1/C=C/[C@H](C[C@H](C)CCCC)O[Si](C)(C)C(C)(C)C. The van der Waals surface area contributed by atoms with Crippen LogP contribution in [0.3, 0.4) is 0 Å². The number of Topliss-reactive ketones (excluding diaryl/α,β-unsaturated/α-hetero) is 1. The van der Waals surface area contributed by atoms with E-state index in [1.165, 1.54) is 13.5 Å². The highest BCUT2D eigenvalue weighted by Crippen LogP contribution is 2.43. The van der Waals surface area contributed by atoms with Gasteiger partial charge in [0, 0.05) is 18.8 Å². The van der Waals surface area contributed by atoms with Crippen LogP contribution in [-0.4, -0.2) is 60.3 Å². The summed E-state index contributed by atoms with van der Waals surface area (Å²) in [5.41, 5.74) is 0.758. The zero-order valence-corrected chi connectivity index (χ0v) is 33.7. The second-order valence-corrected chi connectivity index (χ2v) is 26.1. The Labute approximate surface area is 283 Å². The van der Waals surface area contributed by atoms with Gasteiger partial charge < -0.3 is 18.3 Å². The van der Waals surface area contributed by atoms with Gasteiger partial charge in [-0.1, -0.05) is 93.4 Å². The van der Waals surface area contributed by atoms with E-state index in [2.05, 4.69) is 94.2 Å². The molecule has 0 amide bonds. The minimum atomic E-state index is -2.24. The highest BCUT2D eigenvalue weighted by Gasteiger charge is 2.50. The number of carbonyl (C=O) groups is 3. The molecule has 1 aliphatic rings. The summed E-state index contributed by atoms with van der Waals surface area (Å²) in [5, 5.41) is 0.00823. The average molecular weight is 681 g/mol. The van der Waals surface area contributed by atoms with Gasteiger partial charge in [-0.3, -0.25) is 14.4 Å². The number of hydrogen-bond donors (Lipinski definition) is 0. The first kappa shape index (κ1) is 42.5. The van der Waals surface area contributed by atoms with Gasteiger partial charge in [-0.2, -0.15) is 0 Å². The van der Waals surface area contributed by atoms with Gasteiger partial charge in [-0.25, -0.2) is 0 Å². The van der Waals surface area contributed by atoms with Crippen LogP contribution in [0.15, 0.2) is 24.3 Å². The van der Waals surface area contributed by atoms with Gasteiger partial charge in [0.05, 0.1) is 19.3 Å². The minimum Gasteiger partial charge on any atom is -0.469 e. The average Bonchev–Trinajstić information content (AvgIpc) is 3.23. The lowest BCUT2D eigenvalue weighted by molar-refractivity contribution is -0.151. The van der Waals surface area contributed by atoms with Crippen molar-refractivity contribution in [2.24, 2.45) is 17.8 Å². The maximum absolute atomic E-state index is 13.6. The number of ketones is 1. The summed E-state index contributed by atoms with van der Waals surface area (Å²) in [6.07, 6.45) is 10.6. The van der Waals surface area contributed by atoms with E-state index in [0.717, 1.165) is 31.3 Å². The molecule has 266 valence electrons. The monoisotopic (exact) mass is 680 g/mol. The lowest BCUT2D eigenvalue weighted by Crippen LogP contribution is -2.45. The second kappa shape index (κ2) is 18.3. The van der Waals surface area contributed by atoms with Gasteiger partial charge >= 0.3 is 11.9 Å². The molecule has 5 atom stereocenters. The standard InChI is InChI=1S/C37H68O7Si2/c1-15-16-19-27(2)24-29(43-45(11,12)36(4,5)6)22-23-30-32(44-46(13,14)37(7,8)9)25-31(38)34(30)35(40)42-26-28(3)20-17-18-21-33(39)41-10/h22-23,27,29-30,32,34H,3,15-21,24-26H2,1-2,4-14H3/b23-22+/t27-,29-,30+,32-,34-/m1/s1. The Morgan fingerprint density at radius 1 is 0.978 bits per heavy atom. The molecular formula is C37H68O7Si2. The topological polar surface area (TPSA) is 88.1 Å². The number of methoxy groups -OCH3 is 1. The van der Waals surface area contributed by atoms with E-state index in [1.54, 1.807) is 0 Å². The second-order valence-electron chi connectivity index (χ2n) is 16.6. The van der Waals surface area contributed by atoms with Crippen molar-refractivity contribution < 1.29 is 32.7 Å². The molecule has 0 saturated heterocycles. The van der Waals surface area contributed by atoms with Crippen LogP contribution in [0.25, 0.3) is 0 Å². The van der Waals surface area contributed by atoms with Gasteiger partial charge in [0.25, 0.3) is 0 Å². The maximum Gasteiger partial charge on any atom is 0.317 e. The summed E-state index contributed by atoms with van der Waals surface area (Å²) in [5.74, 6) is -1.76. The quantitative estimate of drug-likeness (QED) is 0.0441. The Morgan fingerprint density at radius 3 is 2.11 bits per heavy atom. The fourth-order valence-electron chi connectivity index (χ4n) is 5.21. The Hall–Kier alpha value is -1.56. The molecule has 0 bridgehead atoms. The van der Waals surface area contributed by atoms with E-state index in [0.29, 0.717) is 25.2 Å².